The lowest BCUT2D eigenvalue weighted by Crippen LogP contribution is -1.87. The minimum Gasteiger partial charge on any atom is -0.396 e. The lowest BCUT2D eigenvalue weighted by molar-refractivity contribution is 0.208. The number of hydrogen-bond donors (Lipinski definition) is 1. The Balaban J connectivity index is 3.25. The van der Waals surface area contributed by atoms with Crippen molar-refractivity contribution in [3.05, 3.63) is 12.3 Å². The van der Waals surface area contributed by atoms with Crippen LogP contribution in [0.5, 0.6) is 0 Å². The third-order valence-corrected chi connectivity index (χ3v) is 0.915. The number of oxime groups is 1. The van der Waals surface area contributed by atoms with Crippen LogP contribution in [-0.2, 0) is 4.84 Å². The van der Waals surface area contributed by atoms with Crippen molar-refractivity contribution in [2.75, 3.05) is 6.61 Å². The molecule has 0 bridgehead atoms. The molecule has 58 valence electrons. The highest BCUT2D eigenvalue weighted by atomic mass is 35.5. The quantitative estimate of drug-likeness (QED) is 0.379. The molecule has 0 saturated carbocycles. The Morgan fingerprint density at radius 3 is 3.00 bits per heavy atom. The summed E-state index contributed by atoms with van der Waals surface area (Å²) >= 11 is 5.07. The van der Waals surface area contributed by atoms with Crippen molar-refractivity contribution in [2.24, 2.45) is 5.16 Å². The van der Waals surface area contributed by atoms with Crippen molar-refractivity contribution >= 4 is 17.3 Å². The number of halogens is 1. The average molecular weight is 164 g/mol. The van der Waals surface area contributed by atoms with Gasteiger partial charge in [-0.3, -0.25) is 0 Å². The molecule has 0 aliphatic rings. The molecule has 1 N–H and O–H groups in total. The number of allylic oxidation sites excluding steroid dienone is 1. The molecule has 0 aliphatic carbocycles. The lowest BCUT2D eigenvalue weighted by Gasteiger charge is -1.98. The zero-order valence-corrected chi connectivity index (χ0v) is 6.34. The fourth-order valence-corrected chi connectivity index (χ4v) is 0.456. The summed E-state index contributed by atoms with van der Waals surface area (Å²) in [6.45, 7) is 3.66. The smallest absolute Gasteiger partial charge is 0.133 e. The molecule has 0 aromatic carbocycles. The van der Waals surface area contributed by atoms with E-state index in [2.05, 4.69) is 16.6 Å². The molecular formula is C6H10ClNO2. The van der Waals surface area contributed by atoms with Gasteiger partial charge in [0.1, 0.15) is 11.4 Å². The van der Waals surface area contributed by atoms with Crippen LogP contribution in [-0.4, -0.2) is 17.4 Å². The first-order chi connectivity index (χ1) is 4.81. The van der Waals surface area contributed by atoms with Gasteiger partial charge in [-0.05, 0) is 6.42 Å². The molecule has 0 spiro atoms. The first-order valence-corrected chi connectivity index (χ1v) is 3.32. The summed E-state index contributed by atoms with van der Waals surface area (Å²) in [6, 6.07) is 0. The minimum atomic E-state index is 0.132. The topological polar surface area (TPSA) is 41.8 Å². The normalized spacial score (nSPS) is 10.2. The standard InChI is InChI=1S/C6H10ClNO2/c1-6(3-2-4-9)10-8-5-7/h5,9H,1-4H2/b8-5-. The number of nitrogens with zero attached hydrogens (tertiary/aromatic N) is 1. The van der Waals surface area contributed by atoms with Crippen molar-refractivity contribution in [1.29, 1.82) is 0 Å². The predicted molar refractivity (Wildman–Crippen MR) is 40.9 cm³/mol. The molecule has 0 saturated heterocycles. The minimum absolute atomic E-state index is 0.132. The van der Waals surface area contributed by atoms with Crippen LogP contribution >= 0.6 is 11.6 Å². The van der Waals surface area contributed by atoms with Crippen molar-refractivity contribution in [1.82, 2.24) is 0 Å². The number of aliphatic hydroxyl groups is 1. The maximum Gasteiger partial charge on any atom is 0.133 e. The molecule has 0 rings (SSSR count). The van der Waals surface area contributed by atoms with Gasteiger partial charge < -0.3 is 9.94 Å². The van der Waals surface area contributed by atoms with Crippen LogP contribution in [0.2, 0.25) is 0 Å². The van der Waals surface area contributed by atoms with Gasteiger partial charge in [-0.2, -0.15) is 0 Å². The third-order valence-electron chi connectivity index (χ3n) is 0.835. The summed E-state index contributed by atoms with van der Waals surface area (Å²) in [5, 5.41) is 11.7. The molecule has 0 unspecified atom stereocenters. The SMILES string of the molecule is C=C(CCCO)O/N=C\Cl. The fourth-order valence-electron chi connectivity index (χ4n) is 0.416. The van der Waals surface area contributed by atoms with Crippen LogP contribution in [0.25, 0.3) is 0 Å². The van der Waals surface area contributed by atoms with Gasteiger partial charge in [0.2, 0.25) is 0 Å². The van der Waals surface area contributed by atoms with E-state index in [-0.39, 0.29) is 6.61 Å². The number of aliphatic hydroxyl groups excluding tert-OH is 1. The van der Waals surface area contributed by atoms with E-state index < -0.39 is 0 Å². The van der Waals surface area contributed by atoms with Crippen molar-refractivity contribution in [3.8, 4) is 0 Å². The van der Waals surface area contributed by atoms with Crippen LogP contribution in [0.15, 0.2) is 17.5 Å². The Labute approximate surface area is 64.9 Å². The lowest BCUT2D eigenvalue weighted by atomic mass is 10.3. The molecule has 0 fully saturated rings. The Bertz CT molecular complexity index is 125. The average Bonchev–Trinajstić information content (AvgIpc) is 1.97. The zero-order valence-electron chi connectivity index (χ0n) is 5.59. The number of rotatable bonds is 5. The summed E-state index contributed by atoms with van der Waals surface area (Å²) in [5.41, 5.74) is 1.02. The van der Waals surface area contributed by atoms with Gasteiger partial charge in [0.05, 0.1) is 0 Å². The monoisotopic (exact) mass is 163 g/mol. The maximum absolute atomic E-state index is 8.38. The van der Waals surface area contributed by atoms with E-state index in [1.165, 1.54) is 0 Å². The fraction of sp³-hybridized carbons (Fsp3) is 0.500. The van der Waals surface area contributed by atoms with Crippen LogP contribution in [0, 0.1) is 0 Å². The van der Waals surface area contributed by atoms with E-state index in [9.17, 15) is 0 Å². The van der Waals surface area contributed by atoms with E-state index in [4.69, 9.17) is 16.7 Å². The largest absolute Gasteiger partial charge is 0.396 e. The molecule has 0 aromatic rings. The van der Waals surface area contributed by atoms with Gasteiger partial charge in [-0.15, -0.1) is 0 Å². The Morgan fingerprint density at radius 2 is 2.50 bits per heavy atom. The highest BCUT2D eigenvalue weighted by Crippen LogP contribution is 2.02. The van der Waals surface area contributed by atoms with Crippen molar-refractivity contribution < 1.29 is 9.94 Å². The van der Waals surface area contributed by atoms with Crippen molar-refractivity contribution in [2.45, 2.75) is 12.8 Å². The van der Waals surface area contributed by atoms with E-state index in [1.54, 1.807) is 0 Å². The van der Waals surface area contributed by atoms with Crippen LogP contribution in [0.1, 0.15) is 12.8 Å². The van der Waals surface area contributed by atoms with Crippen LogP contribution < -0.4 is 0 Å². The summed E-state index contributed by atoms with van der Waals surface area (Å²) in [5.74, 6) is 0.506. The zero-order chi connectivity index (χ0) is 7.82. The first kappa shape index (κ1) is 9.46. The maximum atomic E-state index is 8.38. The van der Waals surface area contributed by atoms with E-state index in [0.29, 0.717) is 18.6 Å². The second-order valence-electron chi connectivity index (χ2n) is 1.66. The molecule has 0 aliphatic heterocycles. The van der Waals surface area contributed by atoms with Gasteiger partial charge in [0.25, 0.3) is 0 Å². The summed E-state index contributed by atoms with van der Waals surface area (Å²) < 4.78 is 0. The molecular weight excluding hydrogens is 154 g/mol. The molecule has 0 radical (unpaired) electrons. The van der Waals surface area contributed by atoms with Gasteiger partial charge in [-0.1, -0.05) is 23.3 Å². The number of hydrogen-bond acceptors (Lipinski definition) is 3. The highest BCUT2D eigenvalue weighted by Gasteiger charge is 1.91. The highest BCUT2D eigenvalue weighted by molar-refractivity contribution is 6.56. The molecule has 0 heterocycles. The second-order valence-corrected chi connectivity index (χ2v) is 1.86. The Kier molecular flexibility index (Phi) is 6.22. The van der Waals surface area contributed by atoms with Gasteiger partial charge in [0, 0.05) is 13.0 Å². The van der Waals surface area contributed by atoms with Crippen LogP contribution in [0.4, 0.5) is 0 Å². The Hall–Kier alpha value is -0.540. The summed E-state index contributed by atoms with van der Waals surface area (Å²) in [7, 11) is 0. The van der Waals surface area contributed by atoms with Crippen LogP contribution in [0.3, 0.4) is 0 Å². The second kappa shape index (κ2) is 6.58. The van der Waals surface area contributed by atoms with E-state index in [1.807, 2.05) is 0 Å². The molecule has 0 atom stereocenters. The molecule has 0 amide bonds. The van der Waals surface area contributed by atoms with E-state index in [0.717, 1.165) is 5.67 Å². The van der Waals surface area contributed by atoms with Crippen molar-refractivity contribution in [3.63, 3.8) is 0 Å². The Morgan fingerprint density at radius 1 is 1.80 bits per heavy atom. The summed E-state index contributed by atoms with van der Waals surface area (Å²) in [4.78, 5) is 4.63. The first-order valence-electron chi connectivity index (χ1n) is 2.89. The summed E-state index contributed by atoms with van der Waals surface area (Å²) in [6.07, 6.45) is 1.24. The molecule has 3 nitrogen and oxygen atoms in total. The molecule has 0 aromatic heterocycles. The van der Waals surface area contributed by atoms with E-state index >= 15 is 0 Å². The molecule has 4 heteroatoms. The molecule has 10 heavy (non-hydrogen) atoms. The van der Waals surface area contributed by atoms with Gasteiger partial charge in [-0.25, -0.2) is 0 Å². The van der Waals surface area contributed by atoms with Gasteiger partial charge in [0.15, 0.2) is 0 Å². The van der Waals surface area contributed by atoms with Gasteiger partial charge >= 0.3 is 0 Å². The predicted octanol–water partition coefficient (Wildman–Crippen LogP) is 1.47. The third kappa shape index (κ3) is 5.59.